The highest BCUT2D eigenvalue weighted by Crippen LogP contribution is 2.24. The average Bonchev–Trinajstić information content (AvgIpc) is 2.55. The van der Waals surface area contributed by atoms with Crippen molar-refractivity contribution in [2.45, 2.75) is 13.0 Å². The number of anilines is 1. The minimum Gasteiger partial charge on any atom is -0.481 e. The van der Waals surface area contributed by atoms with Gasteiger partial charge in [0.15, 0.2) is 6.10 Å². The van der Waals surface area contributed by atoms with Crippen LogP contribution >= 0.6 is 0 Å². The minimum absolute atomic E-state index is 0.0617. The van der Waals surface area contributed by atoms with Crippen molar-refractivity contribution in [1.29, 1.82) is 0 Å². The minimum atomic E-state index is -0.953. The van der Waals surface area contributed by atoms with Crippen molar-refractivity contribution in [3.8, 4) is 5.75 Å². The van der Waals surface area contributed by atoms with Crippen LogP contribution in [-0.2, 0) is 4.79 Å². The number of ether oxygens (including phenoxy) is 1. The number of benzene rings is 2. The van der Waals surface area contributed by atoms with Gasteiger partial charge in [-0.1, -0.05) is 12.1 Å². The number of amides is 1. The Morgan fingerprint density at radius 1 is 1.04 bits per heavy atom. The third-order valence-electron chi connectivity index (χ3n) is 3.09. The van der Waals surface area contributed by atoms with Gasteiger partial charge in [-0.2, -0.15) is 0 Å². The van der Waals surface area contributed by atoms with E-state index in [-0.39, 0.29) is 22.8 Å². The fraction of sp³-hybridized carbons (Fsp3) is 0.133. The van der Waals surface area contributed by atoms with Crippen molar-refractivity contribution in [3.63, 3.8) is 0 Å². The Balaban J connectivity index is 2.05. The van der Waals surface area contributed by atoms with E-state index in [1.807, 2.05) is 0 Å². The maximum Gasteiger partial charge on any atom is 0.292 e. The summed E-state index contributed by atoms with van der Waals surface area (Å²) in [5, 5.41) is 23.9. The lowest BCUT2D eigenvalue weighted by Crippen LogP contribution is -2.30. The lowest BCUT2D eigenvalue weighted by molar-refractivity contribution is -0.384. The number of hydrogen-bond donors (Lipinski definition) is 1. The molecule has 124 valence electrons. The number of para-hydroxylation sites is 2. The Morgan fingerprint density at radius 2 is 1.67 bits per heavy atom. The molecule has 0 radical (unpaired) electrons. The summed E-state index contributed by atoms with van der Waals surface area (Å²) in [6.07, 6.45) is -0.953. The van der Waals surface area contributed by atoms with Crippen LogP contribution in [0.15, 0.2) is 48.5 Å². The number of carbonyl (C=O) groups excluding carboxylic acids is 1. The number of nitro groups is 2. The molecule has 0 aliphatic rings. The van der Waals surface area contributed by atoms with Crippen LogP contribution in [0.25, 0.3) is 0 Å². The molecule has 0 bridgehead atoms. The number of nitrogens with zero attached hydrogens (tertiary/aromatic N) is 2. The van der Waals surface area contributed by atoms with E-state index in [2.05, 4.69) is 5.32 Å². The maximum atomic E-state index is 12.1. The predicted molar refractivity (Wildman–Crippen MR) is 84.9 cm³/mol. The quantitative estimate of drug-likeness (QED) is 0.641. The molecule has 0 spiro atoms. The molecule has 0 aliphatic carbocycles. The number of carbonyl (C=O) groups is 1. The second-order valence-corrected chi connectivity index (χ2v) is 4.77. The molecule has 0 saturated heterocycles. The van der Waals surface area contributed by atoms with Crippen molar-refractivity contribution in [2.24, 2.45) is 0 Å². The van der Waals surface area contributed by atoms with Gasteiger partial charge in [0.25, 0.3) is 17.3 Å². The van der Waals surface area contributed by atoms with E-state index < -0.39 is 21.9 Å². The highest BCUT2D eigenvalue weighted by molar-refractivity contribution is 5.96. The Hall–Kier alpha value is -3.49. The smallest absolute Gasteiger partial charge is 0.292 e. The molecular weight excluding hydrogens is 318 g/mol. The molecule has 0 unspecified atom stereocenters. The van der Waals surface area contributed by atoms with Gasteiger partial charge in [-0.3, -0.25) is 25.0 Å². The molecular formula is C15H13N3O6. The Morgan fingerprint density at radius 3 is 2.25 bits per heavy atom. The molecule has 1 amide bonds. The van der Waals surface area contributed by atoms with Gasteiger partial charge < -0.3 is 10.1 Å². The first kappa shape index (κ1) is 16.9. The number of hydrogen-bond acceptors (Lipinski definition) is 6. The summed E-state index contributed by atoms with van der Waals surface area (Å²) in [4.78, 5) is 32.5. The summed E-state index contributed by atoms with van der Waals surface area (Å²) < 4.78 is 5.38. The summed E-state index contributed by atoms with van der Waals surface area (Å²) in [7, 11) is 0. The molecule has 2 aromatic carbocycles. The molecule has 0 heterocycles. The summed E-state index contributed by atoms with van der Waals surface area (Å²) in [5.74, 6) is -0.312. The molecule has 0 fully saturated rings. The van der Waals surface area contributed by atoms with E-state index in [0.29, 0.717) is 0 Å². The van der Waals surface area contributed by atoms with E-state index in [4.69, 9.17) is 4.74 Å². The second kappa shape index (κ2) is 7.18. The van der Waals surface area contributed by atoms with Gasteiger partial charge in [0.2, 0.25) is 0 Å². The first-order valence-electron chi connectivity index (χ1n) is 6.84. The highest BCUT2D eigenvalue weighted by atomic mass is 16.6. The third kappa shape index (κ3) is 4.03. The van der Waals surface area contributed by atoms with Gasteiger partial charge in [0, 0.05) is 18.2 Å². The summed E-state index contributed by atoms with van der Waals surface area (Å²) in [6, 6.07) is 11.0. The van der Waals surface area contributed by atoms with Gasteiger partial charge in [-0.05, 0) is 25.1 Å². The monoisotopic (exact) mass is 331 g/mol. The third-order valence-corrected chi connectivity index (χ3v) is 3.09. The SMILES string of the molecule is C[C@H](Oc1ccc([N+](=O)[O-])cc1)C(=O)Nc1ccccc1[N+](=O)[O-]. The van der Waals surface area contributed by atoms with Gasteiger partial charge in [0.1, 0.15) is 11.4 Å². The van der Waals surface area contributed by atoms with E-state index in [1.165, 1.54) is 49.4 Å². The lowest BCUT2D eigenvalue weighted by atomic mass is 10.2. The van der Waals surface area contributed by atoms with Crippen LogP contribution < -0.4 is 10.1 Å². The van der Waals surface area contributed by atoms with Crippen molar-refractivity contribution in [3.05, 3.63) is 68.8 Å². The summed E-state index contributed by atoms with van der Waals surface area (Å²) in [6.45, 7) is 1.46. The van der Waals surface area contributed by atoms with Crippen LogP contribution in [-0.4, -0.2) is 21.9 Å². The zero-order chi connectivity index (χ0) is 17.7. The first-order chi connectivity index (χ1) is 11.4. The molecule has 1 N–H and O–H groups in total. The summed E-state index contributed by atoms with van der Waals surface area (Å²) >= 11 is 0. The Labute approximate surface area is 136 Å². The molecule has 0 saturated carbocycles. The Kier molecular flexibility index (Phi) is 5.05. The summed E-state index contributed by atoms with van der Waals surface area (Å²) in [5.41, 5.74) is -0.264. The van der Waals surface area contributed by atoms with Crippen LogP contribution in [0, 0.1) is 20.2 Å². The molecule has 9 heteroatoms. The van der Waals surface area contributed by atoms with Gasteiger partial charge in [-0.25, -0.2) is 0 Å². The fourth-order valence-corrected chi connectivity index (χ4v) is 1.88. The molecule has 0 aliphatic heterocycles. The normalized spacial score (nSPS) is 11.4. The fourth-order valence-electron chi connectivity index (χ4n) is 1.88. The zero-order valence-electron chi connectivity index (χ0n) is 12.5. The number of nitro benzene ring substituents is 2. The largest absolute Gasteiger partial charge is 0.481 e. The van der Waals surface area contributed by atoms with Crippen molar-refractivity contribution in [1.82, 2.24) is 0 Å². The highest BCUT2D eigenvalue weighted by Gasteiger charge is 2.20. The maximum absolute atomic E-state index is 12.1. The zero-order valence-corrected chi connectivity index (χ0v) is 12.5. The molecule has 2 aromatic rings. The second-order valence-electron chi connectivity index (χ2n) is 4.77. The van der Waals surface area contributed by atoms with Gasteiger partial charge in [0.05, 0.1) is 9.85 Å². The van der Waals surface area contributed by atoms with E-state index in [9.17, 15) is 25.0 Å². The number of non-ortho nitro benzene ring substituents is 1. The number of nitrogens with one attached hydrogen (secondary N) is 1. The van der Waals surface area contributed by atoms with E-state index >= 15 is 0 Å². The van der Waals surface area contributed by atoms with Gasteiger partial charge in [-0.15, -0.1) is 0 Å². The molecule has 24 heavy (non-hydrogen) atoms. The molecule has 1 atom stereocenters. The standard InChI is InChI=1S/C15H13N3O6/c1-10(24-12-8-6-11(7-9-12)17(20)21)15(19)16-13-4-2-3-5-14(13)18(22)23/h2-10H,1H3,(H,16,19)/t10-/m0/s1. The molecule has 9 nitrogen and oxygen atoms in total. The number of rotatable bonds is 6. The van der Waals surface area contributed by atoms with Crippen LogP contribution in [0.3, 0.4) is 0 Å². The van der Waals surface area contributed by atoms with Crippen molar-refractivity contribution in [2.75, 3.05) is 5.32 Å². The Bertz CT molecular complexity index is 775. The topological polar surface area (TPSA) is 125 Å². The van der Waals surface area contributed by atoms with Crippen LogP contribution in [0.5, 0.6) is 5.75 Å². The average molecular weight is 331 g/mol. The van der Waals surface area contributed by atoms with E-state index in [0.717, 1.165) is 0 Å². The van der Waals surface area contributed by atoms with Crippen molar-refractivity contribution < 1.29 is 19.4 Å². The van der Waals surface area contributed by atoms with Gasteiger partial charge >= 0.3 is 0 Å². The molecule has 2 rings (SSSR count). The molecule has 0 aromatic heterocycles. The van der Waals surface area contributed by atoms with Crippen LogP contribution in [0.2, 0.25) is 0 Å². The predicted octanol–water partition coefficient (Wildman–Crippen LogP) is 2.91. The van der Waals surface area contributed by atoms with Crippen LogP contribution in [0.4, 0.5) is 17.1 Å². The van der Waals surface area contributed by atoms with E-state index in [1.54, 1.807) is 6.07 Å². The first-order valence-corrected chi connectivity index (χ1v) is 6.84. The lowest BCUT2D eigenvalue weighted by Gasteiger charge is -2.14. The van der Waals surface area contributed by atoms with Crippen molar-refractivity contribution >= 4 is 23.0 Å². The van der Waals surface area contributed by atoms with Crippen LogP contribution in [0.1, 0.15) is 6.92 Å².